The van der Waals surface area contributed by atoms with Crippen LogP contribution in [0.2, 0.25) is 0 Å². The molecule has 0 aromatic heterocycles. The smallest absolute Gasteiger partial charge is 0.226 e. The van der Waals surface area contributed by atoms with E-state index in [0.29, 0.717) is 0 Å². The molecule has 0 bridgehead atoms. The second-order valence-electron chi connectivity index (χ2n) is 4.51. The Bertz CT molecular complexity index is 645. The van der Waals surface area contributed by atoms with Gasteiger partial charge in [-0.15, -0.1) is 0 Å². The molecule has 0 saturated carbocycles. The van der Waals surface area contributed by atoms with Crippen molar-refractivity contribution < 1.29 is 4.79 Å². The molecule has 0 aliphatic carbocycles. The number of benzene rings is 2. The molecule has 0 aliphatic heterocycles. The Labute approximate surface area is 111 Å². The number of hydrogen-bond acceptors (Lipinski definition) is 3. The van der Waals surface area contributed by atoms with Gasteiger partial charge >= 0.3 is 0 Å². The van der Waals surface area contributed by atoms with Gasteiger partial charge in [-0.05, 0) is 16.3 Å². The molecule has 0 aliphatic rings. The second kappa shape index (κ2) is 5.51. The van der Waals surface area contributed by atoms with E-state index in [9.17, 15) is 4.79 Å². The Morgan fingerprint density at radius 1 is 1.21 bits per heavy atom. The van der Waals surface area contributed by atoms with Gasteiger partial charge in [0.2, 0.25) is 5.91 Å². The molecule has 2 rings (SSSR count). The van der Waals surface area contributed by atoms with E-state index in [0.717, 1.165) is 16.3 Å². The number of amides is 1. The van der Waals surface area contributed by atoms with Crippen molar-refractivity contribution in [1.29, 1.82) is 5.26 Å². The summed E-state index contributed by atoms with van der Waals surface area (Å²) < 4.78 is 0. The van der Waals surface area contributed by atoms with Crippen LogP contribution in [0.1, 0.15) is 17.9 Å². The molecule has 0 fully saturated rings. The predicted octanol–water partition coefficient (Wildman–Crippen LogP) is 1.65. The van der Waals surface area contributed by atoms with Crippen LogP contribution in [-0.2, 0) is 4.79 Å². The Kier molecular flexibility index (Phi) is 3.79. The lowest BCUT2D eigenvalue weighted by Gasteiger charge is -2.19. The van der Waals surface area contributed by atoms with E-state index in [2.05, 4.69) is 0 Å². The summed E-state index contributed by atoms with van der Waals surface area (Å²) in [7, 11) is 0. The molecule has 4 N–H and O–H groups in total. The Hall–Kier alpha value is -2.38. The zero-order valence-electron chi connectivity index (χ0n) is 10.4. The number of primary amides is 1. The minimum absolute atomic E-state index is 0.0977. The van der Waals surface area contributed by atoms with E-state index in [1.54, 1.807) is 0 Å². The van der Waals surface area contributed by atoms with Crippen molar-refractivity contribution in [1.82, 2.24) is 0 Å². The van der Waals surface area contributed by atoms with Gasteiger partial charge in [-0.25, -0.2) is 0 Å². The standard InChI is InChI=1S/C15H15N3O/c16-8-7-13(17)14(15(18)19)12-6-5-10-3-1-2-4-11(10)9-12/h1-6,9,13-14H,7,17H2,(H2,18,19). The number of nitrogens with two attached hydrogens (primary N) is 2. The third kappa shape index (κ3) is 2.72. The Morgan fingerprint density at radius 2 is 1.89 bits per heavy atom. The molecule has 0 heterocycles. The minimum atomic E-state index is -0.635. The number of fused-ring (bicyclic) bond motifs is 1. The zero-order valence-corrected chi connectivity index (χ0v) is 10.4. The number of nitriles is 1. The first-order chi connectivity index (χ1) is 9.13. The summed E-state index contributed by atoms with van der Waals surface area (Å²) in [5.41, 5.74) is 12.1. The lowest BCUT2D eigenvalue weighted by atomic mass is 9.88. The number of carbonyl (C=O) groups is 1. The highest BCUT2D eigenvalue weighted by Gasteiger charge is 2.25. The summed E-state index contributed by atoms with van der Waals surface area (Å²) in [6.45, 7) is 0. The SMILES string of the molecule is N#CCC(N)C(C(N)=O)c1ccc2ccccc2c1. The maximum Gasteiger partial charge on any atom is 0.226 e. The fourth-order valence-electron chi connectivity index (χ4n) is 2.25. The molecule has 2 atom stereocenters. The number of hydrogen-bond donors (Lipinski definition) is 2. The van der Waals surface area contributed by atoms with Gasteiger partial charge in [-0.2, -0.15) is 5.26 Å². The number of carbonyl (C=O) groups excluding carboxylic acids is 1. The second-order valence-corrected chi connectivity index (χ2v) is 4.51. The van der Waals surface area contributed by atoms with Crippen LogP contribution < -0.4 is 11.5 Å². The van der Waals surface area contributed by atoms with Crippen LogP contribution in [0.15, 0.2) is 42.5 Å². The van der Waals surface area contributed by atoms with E-state index < -0.39 is 17.9 Å². The first-order valence-corrected chi connectivity index (χ1v) is 6.04. The van der Waals surface area contributed by atoms with Crippen molar-refractivity contribution in [2.24, 2.45) is 11.5 Å². The summed E-state index contributed by atoms with van der Waals surface area (Å²) in [6, 6.07) is 14.9. The van der Waals surface area contributed by atoms with E-state index in [1.165, 1.54) is 0 Å². The maximum atomic E-state index is 11.6. The number of nitrogens with zero attached hydrogens (tertiary/aromatic N) is 1. The van der Waals surface area contributed by atoms with Crippen LogP contribution in [0.5, 0.6) is 0 Å². The normalized spacial score (nSPS) is 13.7. The predicted molar refractivity (Wildman–Crippen MR) is 74.1 cm³/mol. The molecule has 1 amide bonds. The molecule has 4 heteroatoms. The molecular formula is C15H15N3O. The molecule has 0 saturated heterocycles. The molecule has 2 aromatic rings. The molecular weight excluding hydrogens is 238 g/mol. The summed E-state index contributed by atoms with van der Waals surface area (Å²) in [6.07, 6.45) is 0.0977. The van der Waals surface area contributed by atoms with Gasteiger partial charge in [-0.1, -0.05) is 42.5 Å². The third-order valence-corrected chi connectivity index (χ3v) is 3.19. The van der Waals surface area contributed by atoms with Crippen molar-refractivity contribution in [2.45, 2.75) is 18.4 Å². The lowest BCUT2D eigenvalue weighted by molar-refractivity contribution is -0.119. The molecule has 0 radical (unpaired) electrons. The minimum Gasteiger partial charge on any atom is -0.369 e. The number of rotatable bonds is 4. The first kappa shape index (κ1) is 13.1. The molecule has 4 nitrogen and oxygen atoms in total. The summed E-state index contributed by atoms with van der Waals surface area (Å²) in [5, 5.41) is 10.8. The van der Waals surface area contributed by atoms with Crippen molar-refractivity contribution in [3.8, 4) is 6.07 Å². The van der Waals surface area contributed by atoms with E-state index in [-0.39, 0.29) is 6.42 Å². The fraction of sp³-hybridized carbons (Fsp3) is 0.200. The van der Waals surface area contributed by atoms with Crippen molar-refractivity contribution in [3.05, 3.63) is 48.0 Å². The van der Waals surface area contributed by atoms with E-state index in [1.807, 2.05) is 48.5 Å². The average molecular weight is 253 g/mol. The molecule has 0 spiro atoms. The highest BCUT2D eigenvalue weighted by Crippen LogP contribution is 2.24. The lowest BCUT2D eigenvalue weighted by Crippen LogP contribution is -2.37. The highest BCUT2D eigenvalue weighted by atomic mass is 16.1. The van der Waals surface area contributed by atoms with E-state index in [4.69, 9.17) is 16.7 Å². The summed E-state index contributed by atoms with van der Waals surface area (Å²) in [4.78, 5) is 11.6. The molecule has 2 aromatic carbocycles. The van der Waals surface area contributed by atoms with Gasteiger partial charge in [-0.3, -0.25) is 4.79 Å². The van der Waals surface area contributed by atoms with E-state index >= 15 is 0 Å². The Morgan fingerprint density at radius 3 is 2.53 bits per heavy atom. The van der Waals surface area contributed by atoms with Gasteiger partial charge < -0.3 is 11.5 Å². The molecule has 2 unspecified atom stereocenters. The van der Waals surface area contributed by atoms with Crippen LogP contribution in [0.25, 0.3) is 10.8 Å². The molecule has 96 valence electrons. The fourth-order valence-corrected chi connectivity index (χ4v) is 2.25. The van der Waals surface area contributed by atoms with Crippen molar-refractivity contribution >= 4 is 16.7 Å². The van der Waals surface area contributed by atoms with Gasteiger partial charge in [0, 0.05) is 6.04 Å². The van der Waals surface area contributed by atoms with Gasteiger partial charge in [0.1, 0.15) is 0 Å². The largest absolute Gasteiger partial charge is 0.369 e. The zero-order chi connectivity index (χ0) is 13.8. The monoisotopic (exact) mass is 253 g/mol. The maximum absolute atomic E-state index is 11.6. The average Bonchev–Trinajstić information content (AvgIpc) is 2.38. The van der Waals surface area contributed by atoms with Crippen LogP contribution in [0.3, 0.4) is 0 Å². The van der Waals surface area contributed by atoms with Gasteiger partial charge in [0.05, 0.1) is 18.4 Å². The summed E-state index contributed by atoms with van der Waals surface area (Å²) in [5.74, 6) is -1.14. The highest BCUT2D eigenvalue weighted by molar-refractivity contribution is 5.87. The van der Waals surface area contributed by atoms with Crippen molar-refractivity contribution in [2.75, 3.05) is 0 Å². The van der Waals surface area contributed by atoms with Crippen LogP contribution in [0.4, 0.5) is 0 Å². The van der Waals surface area contributed by atoms with Gasteiger partial charge in [0.15, 0.2) is 0 Å². The molecule has 19 heavy (non-hydrogen) atoms. The van der Waals surface area contributed by atoms with Crippen molar-refractivity contribution in [3.63, 3.8) is 0 Å². The third-order valence-electron chi connectivity index (χ3n) is 3.19. The Balaban J connectivity index is 2.45. The van der Waals surface area contributed by atoms with Gasteiger partial charge in [0.25, 0.3) is 0 Å². The van der Waals surface area contributed by atoms with Crippen LogP contribution >= 0.6 is 0 Å². The first-order valence-electron chi connectivity index (χ1n) is 6.04. The topological polar surface area (TPSA) is 92.9 Å². The van der Waals surface area contributed by atoms with Crippen LogP contribution in [0, 0.1) is 11.3 Å². The quantitative estimate of drug-likeness (QED) is 0.867. The van der Waals surface area contributed by atoms with Crippen LogP contribution in [-0.4, -0.2) is 11.9 Å². The summed E-state index contributed by atoms with van der Waals surface area (Å²) >= 11 is 0.